The minimum Gasteiger partial charge on any atom is -0.481 e. The van der Waals surface area contributed by atoms with Gasteiger partial charge in [-0.2, -0.15) is 0 Å². The molecule has 6 nitrogen and oxygen atoms in total. The summed E-state index contributed by atoms with van der Waals surface area (Å²) in [5.41, 5.74) is 0. The summed E-state index contributed by atoms with van der Waals surface area (Å²) in [5, 5.41) is 8.37. The van der Waals surface area contributed by atoms with Gasteiger partial charge in [-0.1, -0.05) is 6.92 Å². The van der Waals surface area contributed by atoms with Gasteiger partial charge < -0.3 is 9.84 Å². The van der Waals surface area contributed by atoms with Crippen LogP contribution in [-0.2, 0) is 19.6 Å². The van der Waals surface area contributed by atoms with Crippen molar-refractivity contribution in [1.82, 2.24) is 4.72 Å². The van der Waals surface area contributed by atoms with Crippen LogP contribution >= 0.6 is 0 Å². The summed E-state index contributed by atoms with van der Waals surface area (Å²) >= 11 is 0. The van der Waals surface area contributed by atoms with E-state index in [9.17, 15) is 13.2 Å². The highest BCUT2D eigenvalue weighted by Gasteiger charge is 2.16. The molecule has 0 saturated heterocycles. The third-order valence-electron chi connectivity index (χ3n) is 2.08. The second-order valence-corrected chi connectivity index (χ2v) is 5.29. The van der Waals surface area contributed by atoms with E-state index < -0.39 is 16.0 Å². The van der Waals surface area contributed by atoms with Crippen molar-refractivity contribution in [3.63, 3.8) is 0 Å². The lowest BCUT2D eigenvalue weighted by Gasteiger charge is -2.13. The molecule has 0 bridgehead atoms. The van der Waals surface area contributed by atoms with Crippen LogP contribution in [0, 0.1) is 0 Å². The summed E-state index contributed by atoms with van der Waals surface area (Å²) in [5.74, 6) is -1.02. The van der Waals surface area contributed by atoms with E-state index in [0.717, 1.165) is 0 Å². The zero-order valence-corrected chi connectivity index (χ0v) is 10.4. The van der Waals surface area contributed by atoms with Gasteiger partial charge in [-0.15, -0.1) is 0 Å². The molecular formula is C9H19NO5S. The molecular weight excluding hydrogens is 234 g/mol. The molecule has 7 heteroatoms. The molecule has 0 aliphatic heterocycles. The van der Waals surface area contributed by atoms with Gasteiger partial charge in [0.15, 0.2) is 0 Å². The fourth-order valence-electron chi connectivity index (χ4n) is 1.12. The summed E-state index contributed by atoms with van der Waals surface area (Å²) in [7, 11) is -1.90. The van der Waals surface area contributed by atoms with Crippen molar-refractivity contribution in [2.75, 3.05) is 19.4 Å². The van der Waals surface area contributed by atoms with Gasteiger partial charge in [0.05, 0.1) is 11.9 Å². The molecule has 1 unspecified atom stereocenters. The first kappa shape index (κ1) is 15.3. The Hall–Kier alpha value is -0.660. The van der Waals surface area contributed by atoms with Crippen LogP contribution in [0.5, 0.6) is 0 Å². The van der Waals surface area contributed by atoms with Crippen molar-refractivity contribution >= 4 is 16.0 Å². The molecule has 0 saturated carbocycles. The Morgan fingerprint density at radius 1 is 1.50 bits per heavy atom. The van der Waals surface area contributed by atoms with Crippen molar-refractivity contribution in [3.05, 3.63) is 0 Å². The predicted octanol–water partition coefficient (Wildman–Crippen LogP) is 0.196. The van der Waals surface area contributed by atoms with Crippen LogP contribution in [0.3, 0.4) is 0 Å². The molecule has 0 heterocycles. The summed E-state index contributed by atoms with van der Waals surface area (Å²) in [6.07, 6.45) is 0.548. The van der Waals surface area contributed by atoms with Crippen LogP contribution < -0.4 is 4.72 Å². The Bertz CT molecular complexity index is 297. The molecule has 0 aromatic carbocycles. The van der Waals surface area contributed by atoms with Crippen molar-refractivity contribution in [1.29, 1.82) is 0 Å². The molecule has 0 fully saturated rings. The highest BCUT2D eigenvalue weighted by atomic mass is 32.2. The maximum atomic E-state index is 11.5. The van der Waals surface area contributed by atoms with Crippen LogP contribution in [0.1, 0.15) is 26.2 Å². The SMILES string of the molecule is CCC(CS(=O)(=O)NCCCC(=O)O)OC. The number of hydrogen-bond donors (Lipinski definition) is 2. The normalized spacial score (nSPS) is 13.6. The lowest BCUT2D eigenvalue weighted by Crippen LogP contribution is -2.33. The lowest BCUT2D eigenvalue weighted by atomic mass is 10.3. The molecule has 0 aliphatic rings. The quantitative estimate of drug-likeness (QED) is 0.572. The summed E-state index contributed by atoms with van der Waals surface area (Å²) in [6.45, 7) is 1.99. The molecule has 0 aliphatic carbocycles. The van der Waals surface area contributed by atoms with E-state index in [0.29, 0.717) is 12.8 Å². The van der Waals surface area contributed by atoms with Gasteiger partial charge in [-0.3, -0.25) is 4.79 Å². The standard InChI is InChI=1S/C9H19NO5S/c1-3-8(15-2)7-16(13,14)10-6-4-5-9(11)12/h8,10H,3-7H2,1-2H3,(H,11,12). The molecule has 0 spiro atoms. The molecule has 0 aromatic heterocycles. The fourth-order valence-corrected chi connectivity index (χ4v) is 2.56. The Kier molecular flexibility index (Phi) is 7.27. The van der Waals surface area contributed by atoms with Crippen molar-refractivity contribution in [2.45, 2.75) is 32.3 Å². The average molecular weight is 253 g/mol. The molecule has 2 N–H and O–H groups in total. The Morgan fingerprint density at radius 3 is 2.56 bits per heavy atom. The van der Waals surface area contributed by atoms with E-state index in [1.165, 1.54) is 7.11 Å². The summed E-state index contributed by atoms with van der Waals surface area (Å²) < 4.78 is 30.2. The van der Waals surface area contributed by atoms with Crippen LogP contribution in [0.2, 0.25) is 0 Å². The first-order valence-electron chi connectivity index (χ1n) is 5.13. The lowest BCUT2D eigenvalue weighted by molar-refractivity contribution is -0.137. The molecule has 0 aromatic rings. The monoisotopic (exact) mass is 253 g/mol. The maximum Gasteiger partial charge on any atom is 0.303 e. The van der Waals surface area contributed by atoms with Gasteiger partial charge in [0.25, 0.3) is 0 Å². The van der Waals surface area contributed by atoms with Crippen molar-refractivity contribution in [2.24, 2.45) is 0 Å². The number of ether oxygens (including phenoxy) is 1. The number of carboxylic acid groups (broad SMARTS) is 1. The Balaban J connectivity index is 3.91. The van der Waals surface area contributed by atoms with E-state index in [-0.39, 0.29) is 24.8 Å². The third kappa shape index (κ3) is 7.61. The maximum absolute atomic E-state index is 11.5. The van der Waals surface area contributed by atoms with Crippen LogP contribution in [0.4, 0.5) is 0 Å². The van der Waals surface area contributed by atoms with Gasteiger partial charge in [0.2, 0.25) is 10.0 Å². The van der Waals surface area contributed by atoms with E-state index in [1.54, 1.807) is 0 Å². The summed E-state index contributed by atoms with van der Waals surface area (Å²) in [4.78, 5) is 10.2. The molecule has 16 heavy (non-hydrogen) atoms. The fraction of sp³-hybridized carbons (Fsp3) is 0.889. The number of sulfonamides is 1. The zero-order valence-electron chi connectivity index (χ0n) is 9.60. The highest BCUT2D eigenvalue weighted by molar-refractivity contribution is 7.89. The van der Waals surface area contributed by atoms with Gasteiger partial charge in [-0.05, 0) is 12.8 Å². The Labute approximate surface area is 96.0 Å². The average Bonchev–Trinajstić information content (AvgIpc) is 2.21. The first-order chi connectivity index (χ1) is 7.41. The predicted molar refractivity (Wildman–Crippen MR) is 59.7 cm³/mol. The minimum atomic E-state index is -3.37. The number of hydrogen-bond acceptors (Lipinski definition) is 4. The van der Waals surface area contributed by atoms with E-state index in [2.05, 4.69) is 4.72 Å². The van der Waals surface area contributed by atoms with Crippen LogP contribution in [-0.4, -0.2) is 45.0 Å². The first-order valence-corrected chi connectivity index (χ1v) is 6.78. The van der Waals surface area contributed by atoms with Crippen LogP contribution in [0.15, 0.2) is 0 Å². The molecule has 1 atom stereocenters. The second-order valence-electron chi connectivity index (χ2n) is 3.44. The van der Waals surface area contributed by atoms with Gasteiger partial charge in [0, 0.05) is 20.1 Å². The number of methoxy groups -OCH3 is 1. The largest absolute Gasteiger partial charge is 0.481 e. The second kappa shape index (κ2) is 7.59. The van der Waals surface area contributed by atoms with Gasteiger partial charge in [0.1, 0.15) is 0 Å². The van der Waals surface area contributed by atoms with E-state index in [1.807, 2.05) is 6.92 Å². The molecule has 96 valence electrons. The number of carboxylic acids is 1. The molecule has 0 rings (SSSR count). The highest BCUT2D eigenvalue weighted by Crippen LogP contribution is 2.00. The number of nitrogens with one attached hydrogen (secondary N) is 1. The third-order valence-corrected chi connectivity index (χ3v) is 3.54. The smallest absolute Gasteiger partial charge is 0.303 e. The van der Waals surface area contributed by atoms with E-state index >= 15 is 0 Å². The van der Waals surface area contributed by atoms with Gasteiger partial charge in [-0.25, -0.2) is 13.1 Å². The van der Waals surface area contributed by atoms with Crippen molar-refractivity contribution in [3.8, 4) is 0 Å². The van der Waals surface area contributed by atoms with Crippen molar-refractivity contribution < 1.29 is 23.1 Å². The molecule has 0 radical (unpaired) electrons. The molecule has 0 amide bonds. The van der Waals surface area contributed by atoms with Gasteiger partial charge >= 0.3 is 5.97 Å². The summed E-state index contributed by atoms with van der Waals surface area (Å²) in [6, 6.07) is 0. The minimum absolute atomic E-state index is 0.0377. The number of carbonyl (C=O) groups is 1. The van der Waals surface area contributed by atoms with Crippen LogP contribution in [0.25, 0.3) is 0 Å². The van der Waals surface area contributed by atoms with E-state index in [4.69, 9.17) is 9.84 Å². The topological polar surface area (TPSA) is 92.7 Å². The number of rotatable bonds is 9. The number of aliphatic carboxylic acids is 1. The zero-order chi connectivity index (χ0) is 12.6. The Morgan fingerprint density at radius 2 is 2.12 bits per heavy atom.